The summed E-state index contributed by atoms with van der Waals surface area (Å²) < 4.78 is 49.2. The Morgan fingerprint density at radius 1 is 0.694 bits per heavy atom. The number of rotatable bonds is 30. The molecule has 3 fully saturated rings. The summed E-state index contributed by atoms with van der Waals surface area (Å²) in [4.78, 5) is 140. The van der Waals surface area contributed by atoms with Crippen LogP contribution in [-0.2, 0) is 65.7 Å². The lowest BCUT2D eigenvalue weighted by Gasteiger charge is -2.50. The molecule has 5 unspecified atom stereocenters. The van der Waals surface area contributed by atoms with Gasteiger partial charge in [-0.2, -0.15) is 0 Å². The Morgan fingerprint density at radius 3 is 1.87 bits per heavy atom. The second-order valence-electron chi connectivity index (χ2n) is 21.8. The first-order valence-corrected chi connectivity index (χ1v) is 30.6. The quantitative estimate of drug-likeness (QED) is 0.0165. The van der Waals surface area contributed by atoms with Crippen LogP contribution in [0.3, 0.4) is 0 Å². The molecule has 1 aliphatic carbocycles. The normalized spacial score (nSPS) is 19.7. The molecule has 2 aromatic rings. The number of carbonyl (C=O) groups excluding carboxylic acids is 10. The van der Waals surface area contributed by atoms with Crippen molar-refractivity contribution in [2.75, 3.05) is 86.8 Å². The molecule has 9 amide bonds. The van der Waals surface area contributed by atoms with E-state index in [0.29, 0.717) is 56.3 Å². The number of ether oxygens (including phenoxy) is 6. The number of carbonyl (C=O) groups is 10. The fourth-order valence-corrected chi connectivity index (χ4v) is 13.8. The summed E-state index contributed by atoms with van der Waals surface area (Å²) in [6, 6.07) is 5.01. The van der Waals surface area contributed by atoms with Crippen molar-refractivity contribution in [1.82, 2.24) is 14.7 Å². The molecule has 5 atom stereocenters. The molecule has 26 nitrogen and oxygen atoms in total. The summed E-state index contributed by atoms with van der Waals surface area (Å²) in [6.45, 7) is 23.2. The number of hydrogen-bond acceptors (Lipinski definition) is 19. The van der Waals surface area contributed by atoms with Gasteiger partial charge in [0.05, 0.1) is 31.7 Å². The van der Waals surface area contributed by atoms with Crippen molar-refractivity contribution >= 4 is 91.6 Å². The van der Waals surface area contributed by atoms with Gasteiger partial charge in [-0.05, 0) is 127 Å². The number of urea groups is 2. The second-order valence-corrected chi connectivity index (χ2v) is 24.6. The van der Waals surface area contributed by atoms with Crippen LogP contribution in [0.15, 0.2) is 49.1 Å². The third-order valence-corrected chi connectivity index (χ3v) is 17.4. The van der Waals surface area contributed by atoms with Crippen LogP contribution in [-0.4, -0.2) is 174 Å². The van der Waals surface area contributed by atoms with Gasteiger partial charge in [-0.3, -0.25) is 40.0 Å². The maximum absolute atomic E-state index is 15.1. The van der Waals surface area contributed by atoms with Gasteiger partial charge in [0.1, 0.15) is 38.0 Å². The average molecular weight is 1210 g/mol. The number of anilines is 4. The minimum atomic E-state index is -3.14. The molecule has 0 spiro atoms. The highest BCUT2D eigenvalue weighted by molar-refractivity contribution is 6.60. The summed E-state index contributed by atoms with van der Waals surface area (Å²) >= 11 is 0. The van der Waals surface area contributed by atoms with Crippen LogP contribution in [0, 0.1) is 24.7 Å². The zero-order valence-electron chi connectivity index (χ0n) is 50.6. The zero-order chi connectivity index (χ0) is 62.8. The number of benzene rings is 2. The number of aryl methyl sites for hydroxylation is 2. The molecule has 27 heteroatoms. The van der Waals surface area contributed by atoms with Gasteiger partial charge in [0.25, 0.3) is 11.8 Å². The zero-order valence-corrected chi connectivity index (χ0v) is 51.6. The van der Waals surface area contributed by atoms with E-state index < -0.39 is 117 Å². The Morgan fingerprint density at radius 2 is 1.27 bits per heavy atom. The van der Waals surface area contributed by atoms with Gasteiger partial charge in [-0.1, -0.05) is 39.5 Å². The molecule has 1 saturated carbocycles. The standard InChI is InChI=1S/C58H83N7O19Si/c1-13-47(66)78-25-26-79-52(71)59-40-22-20-37(7)43(28-40)61-54(73)84-39(9)34-80-53(72)60-41-23-21-38(8)44(29-41)65-51(70)46(31-49(68)77-15-3)64(56(65)75)42-32-57(10,11)35-58(12,33-42)36-63-45(30-48(67)76-14-2)50(69)62(55(63)74)24-19-27-85(81-16-4,82-17-5)83-18-6/h13,20-23,28-29,39,42,45-46H,1,14-19,24-27,30-36H2,2-12H3,(H,59,71)(H,60,72)(H,61,73). The lowest BCUT2D eigenvalue weighted by molar-refractivity contribution is -0.147. The lowest BCUT2D eigenvalue weighted by atomic mass is 9.62. The lowest BCUT2D eigenvalue weighted by Crippen LogP contribution is -2.54. The van der Waals surface area contributed by atoms with Gasteiger partial charge in [0.2, 0.25) is 0 Å². The molecule has 0 aromatic heterocycles. The highest BCUT2D eigenvalue weighted by Gasteiger charge is 2.56. The molecule has 5 rings (SSSR count). The van der Waals surface area contributed by atoms with Crippen molar-refractivity contribution in [2.45, 2.75) is 145 Å². The maximum atomic E-state index is 15.1. The average Bonchev–Trinajstić information content (AvgIpc) is 1.81. The first-order valence-electron chi connectivity index (χ1n) is 28.6. The largest absolute Gasteiger partial charge is 0.500 e. The predicted molar refractivity (Wildman–Crippen MR) is 311 cm³/mol. The van der Waals surface area contributed by atoms with E-state index in [1.165, 1.54) is 34.9 Å². The van der Waals surface area contributed by atoms with E-state index in [1.807, 2.05) is 41.5 Å². The Labute approximate surface area is 497 Å². The summed E-state index contributed by atoms with van der Waals surface area (Å²) in [5, 5.41) is 7.68. The number of imide groups is 2. The van der Waals surface area contributed by atoms with Crippen molar-refractivity contribution in [1.29, 1.82) is 0 Å². The first kappa shape index (κ1) is 68.2. The van der Waals surface area contributed by atoms with Gasteiger partial charge in [-0.15, -0.1) is 0 Å². The van der Waals surface area contributed by atoms with Gasteiger partial charge in [0, 0.05) is 68.1 Å². The number of nitrogens with zero attached hydrogens (tertiary/aromatic N) is 4. The molecular formula is C58H83N7O19Si. The predicted octanol–water partition coefficient (Wildman–Crippen LogP) is 8.47. The molecule has 2 heterocycles. The minimum absolute atomic E-state index is 0.00499. The smallest absolute Gasteiger partial charge is 0.466 e. The number of hydrogen-bond donors (Lipinski definition) is 3. The Bertz CT molecular complexity index is 2760. The van der Waals surface area contributed by atoms with E-state index in [-0.39, 0.29) is 75.1 Å². The van der Waals surface area contributed by atoms with E-state index in [1.54, 1.807) is 45.9 Å². The molecule has 85 heavy (non-hydrogen) atoms. The number of esters is 3. The number of nitrogens with one attached hydrogen (secondary N) is 3. The first-order chi connectivity index (χ1) is 40.3. The van der Waals surface area contributed by atoms with Crippen LogP contribution < -0.4 is 20.9 Å². The van der Waals surface area contributed by atoms with Crippen LogP contribution in [0.5, 0.6) is 0 Å². The summed E-state index contributed by atoms with van der Waals surface area (Å²) in [5.74, 6) is -3.31. The topological polar surface area (TPSA) is 303 Å². The molecular weight excluding hydrogens is 1130 g/mol. The third-order valence-electron chi connectivity index (χ3n) is 14.2. The van der Waals surface area contributed by atoms with Crippen molar-refractivity contribution in [3.05, 3.63) is 60.2 Å². The van der Waals surface area contributed by atoms with Crippen molar-refractivity contribution in [3.63, 3.8) is 0 Å². The molecule has 0 bridgehead atoms. The Kier molecular flexibility index (Phi) is 24.8. The highest BCUT2D eigenvalue weighted by atomic mass is 28.4. The molecule has 3 aliphatic rings. The van der Waals surface area contributed by atoms with Crippen LogP contribution in [0.25, 0.3) is 0 Å². The van der Waals surface area contributed by atoms with Crippen LogP contribution in [0.4, 0.5) is 46.7 Å². The van der Waals surface area contributed by atoms with Crippen LogP contribution in [0.1, 0.15) is 112 Å². The van der Waals surface area contributed by atoms with E-state index >= 15 is 4.79 Å². The summed E-state index contributed by atoms with van der Waals surface area (Å²) in [7, 11) is -3.14. The second kappa shape index (κ2) is 31.0. The van der Waals surface area contributed by atoms with Crippen molar-refractivity contribution in [2.24, 2.45) is 10.8 Å². The van der Waals surface area contributed by atoms with Gasteiger partial charge in [-0.25, -0.2) is 33.7 Å². The van der Waals surface area contributed by atoms with Crippen LogP contribution in [0.2, 0.25) is 6.04 Å². The van der Waals surface area contributed by atoms with Crippen LogP contribution >= 0.6 is 0 Å². The number of amides is 9. The minimum Gasteiger partial charge on any atom is -0.466 e. The fraction of sp³-hybridized carbons (Fsp3) is 0.586. The fourth-order valence-electron chi connectivity index (χ4n) is 11.2. The highest BCUT2D eigenvalue weighted by Crippen LogP contribution is 2.50. The van der Waals surface area contributed by atoms with E-state index in [2.05, 4.69) is 22.5 Å². The van der Waals surface area contributed by atoms with Crippen molar-refractivity contribution in [3.8, 4) is 0 Å². The van der Waals surface area contributed by atoms with Gasteiger partial charge >= 0.3 is 57.1 Å². The van der Waals surface area contributed by atoms with E-state index in [4.69, 9.17) is 41.7 Å². The Hall–Kier alpha value is -7.62. The molecule has 0 radical (unpaired) electrons. The molecule has 2 saturated heterocycles. The van der Waals surface area contributed by atoms with Crippen molar-refractivity contribution < 1.29 is 89.6 Å². The van der Waals surface area contributed by atoms with Gasteiger partial charge in [0.15, 0.2) is 0 Å². The summed E-state index contributed by atoms with van der Waals surface area (Å²) in [5.41, 5.74) is 0.504. The molecule has 468 valence electrons. The van der Waals surface area contributed by atoms with Gasteiger partial charge < -0.3 is 51.5 Å². The van der Waals surface area contributed by atoms with E-state index in [0.717, 1.165) is 15.9 Å². The van der Waals surface area contributed by atoms with E-state index in [9.17, 15) is 43.2 Å². The SMILES string of the molecule is C=CC(=O)OCCOC(=O)Nc1ccc(C)c(NC(=O)OC(C)COC(=O)Nc2ccc(C)c(N3C(=O)C(CC(=O)OCC)N(C4CC(C)(C)CC(C)(CN5C(=O)N(CCC[Si](OCC)(OCC)OCC)C(=O)C5CC(=O)OCC)C4)C3=O)c2)c1. The third kappa shape index (κ3) is 18.7. The Balaban J connectivity index is 1.30. The molecule has 3 N–H and O–H groups in total. The monoisotopic (exact) mass is 1210 g/mol. The molecule has 2 aromatic carbocycles. The molecule has 2 aliphatic heterocycles. The maximum Gasteiger partial charge on any atom is 0.500 e. The summed E-state index contributed by atoms with van der Waals surface area (Å²) in [6.07, 6.45) is -2.14.